The Bertz CT molecular complexity index is 1460. The molecule has 4 rings (SSSR count). The second-order valence-electron chi connectivity index (χ2n) is 7.27. The summed E-state index contributed by atoms with van der Waals surface area (Å²) in [6, 6.07) is 20.7. The second kappa shape index (κ2) is 9.10. The maximum atomic E-state index is 13.2. The maximum absolute atomic E-state index is 13.2. The predicted octanol–water partition coefficient (Wildman–Crippen LogP) is 4.90. The summed E-state index contributed by atoms with van der Waals surface area (Å²) in [5.74, 6) is -0.985. The molecule has 8 heteroatoms. The Kier molecular flexibility index (Phi) is 6.07. The molecule has 0 aliphatic carbocycles. The van der Waals surface area contributed by atoms with Crippen molar-refractivity contribution in [3.8, 4) is 22.2 Å². The molecule has 0 saturated heterocycles. The molecule has 4 aromatic rings. The van der Waals surface area contributed by atoms with Crippen LogP contribution in [0.1, 0.15) is 10.6 Å². The molecule has 0 saturated carbocycles. The molecule has 0 unspecified atom stereocenters. The van der Waals surface area contributed by atoms with Crippen LogP contribution >= 0.6 is 11.3 Å². The molecule has 164 valence electrons. The molecule has 0 bridgehead atoms. The number of carbonyl (C=O) groups is 1. The van der Waals surface area contributed by atoms with Crippen LogP contribution in [0.5, 0.6) is 0 Å². The first-order valence-electron chi connectivity index (χ1n) is 10.0. The zero-order valence-electron chi connectivity index (χ0n) is 17.9. The van der Waals surface area contributed by atoms with Gasteiger partial charge in [-0.15, -0.1) is 11.3 Å². The molecule has 2 aromatic heterocycles. The van der Waals surface area contributed by atoms with Gasteiger partial charge in [-0.25, -0.2) is 9.07 Å². The average molecular weight is 459 g/mol. The summed E-state index contributed by atoms with van der Waals surface area (Å²) in [5, 5.41) is 12.2. The van der Waals surface area contributed by atoms with Gasteiger partial charge in [0, 0.05) is 16.8 Å². The Morgan fingerprint density at radius 2 is 1.79 bits per heavy atom. The Hall–Kier alpha value is -4.22. The summed E-state index contributed by atoms with van der Waals surface area (Å²) in [7, 11) is 1.73. The quantitative estimate of drug-likeness (QED) is 0.341. The van der Waals surface area contributed by atoms with E-state index in [2.05, 4.69) is 5.32 Å². The van der Waals surface area contributed by atoms with Crippen molar-refractivity contribution in [3.63, 3.8) is 0 Å². The average Bonchev–Trinajstić information content (AvgIpc) is 3.37. The Morgan fingerprint density at radius 1 is 1.09 bits per heavy atom. The molecule has 2 aromatic carbocycles. The van der Waals surface area contributed by atoms with Crippen LogP contribution in [0.25, 0.3) is 22.2 Å². The van der Waals surface area contributed by atoms with Crippen molar-refractivity contribution in [1.29, 1.82) is 5.26 Å². The van der Waals surface area contributed by atoms with Crippen molar-refractivity contribution in [2.45, 2.75) is 6.92 Å². The minimum Gasteiger partial charge on any atom is -0.315 e. The van der Waals surface area contributed by atoms with E-state index in [0.717, 1.165) is 10.4 Å². The number of thiophene rings is 1. The molecule has 0 aliphatic heterocycles. The van der Waals surface area contributed by atoms with Crippen LogP contribution in [0.2, 0.25) is 0 Å². The first-order valence-corrected chi connectivity index (χ1v) is 10.8. The van der Waals surface area contributed by atoms with Crippen LogP contribution in [0, 0.1) is 24.1 Å². The fourth-order valence-corrected chi connectivity index (χ4v) is 4.34. The second-order valence-corrected chi connectivity index (χ2v) is 8.38. The van der Waals surface area contributed by atoms with Crippen LogP contribution in [0.15, 0.2) is 77.1 Å². The van der Waals surface area contributed by atoms with Gasteiger partial charge in [0.15, 0.2) is 0 Å². The minimum absolute atomic E-state index is 0.116. The van der Waals surface area contributed by atoms with E-state index in [9.17, 15) is 19.2 Å². The first-order chi connectivity index (χ1) is 15.9. The van der Waals surface area contributed by atoms with Crippen molar-refractivity contribution in [2.75, 3.05) is 5.32 Å². The number of nitrogens with one attached hydrogen (secondary N) is 1. The summed E-state index contributed by atoms with van der Waals surface area (Å²) in [6.07, 6.45) is 1.47. The molecule has 0 atom stereocenters. The molecular formula is C25H19FN4O2S. The van der Waals surface area contributed by atoms with Gasteiger partial charge in [-0.2, -0.15) is 5.26 Å². The van der Waals surface area contributed by atoms with Gasteiger partial charge in [0.05, 0.1) is 11.4 Å². The molecule has 0 fully saturated rings. The van der Waals surface area contributed by atoms with Crippen molar-refractivity contribution in [3.05, 3.63) is 99.0 Å². The lowest BCUT2D eigenvalue weighted by Gasteiger charge is -2.07. The SMILES string of the molecule is Cc1c(NC(=O)/C(C#N)=C/c2ccc(-c3ccc(F)cc3)s2)c(=O)n(-c2ccccc2)n1C. The number of halogens is 1. The van der Waals surface area contributed by atoms with E-state index in [0.29, 0.717) is 16.3 Å². The van der Waals surface area contributed by atoms with E-state index >= 15 is 0 Å². The molecule has 2 heterocycles. The number of rotatable bonds is 5. The van der Waals surface area contributed by atoms with Gasteiger partial charge in [0.25, 0.3) is 11.5 Å². The van der Waals surface area contributed by atoms with Crippen LogP contribution in [-0.2, 0) is 11.8 Å². The van der Waals surface area contributed by atoms with Gasteiger partial charge in [-0.05, 0) is 55.0 Å². The third kappa shape index (κ3) is 4.40. The summed E-state index contributed by atoms with van der Waals surface area (Å²) < 4.78 is 16.3. The highest BCUT2D eigenvalue weighted by atomic mass is 32.1. The van der Waals surface area contributed by atoms with Crippen molar-refractivity contribution in [1.82, 2.24) is 9.36 Å². The van der Waals surface area contributed by atoms with Gasteiger partial charge < -0.3 is 5.32 Å². The van der Waals surface area contributed by atoms with Gasteiger partial charge in [0.1, 0.15) is 23.1 Å². The number of hydrogen-bond donors (Lipinski definition) is 1. The maximum Gasteiger partial charge on any atom is 0.295 e. The predicted molar refractivity (Wildman–Crippen MR) is 128 cm³/mol. The normalized spacial score (nSPS) is 11.3. The number of nitriles is 1. The number of para-hydroxylation sites is 1. The molecule has 0 aliphatic rings. The van der Waals surface area contributed by atoms with Crippen LogP contribution in [0.4, 0.5) is 10.1 Å². The molecule has 0 radical (unpaired) electrons. The molecule has 1 N–H and O–H groups in total. The highest BCUT2D eigenvalue weighted by Crippen LogP contribution is 2.29. The monoisotopic (exact) mass is 458 g/mol. The standard InChI is InChI=1S/C25H19FN4O2S/c1-16-23(25(32)30(29(16)2)20-6-4-3-5-7-20)28-24(31)18(15-27)14-21-12-13-22(33-21)17-8-10-19(26)11-9-17/h3-14H,1-2H3,(H,28,31)/b18-14+. The van der Waals surface area contributed by atoms with Gasteiger partial charge >= 0.3 is 0 Å². The van der Waals surface area contributed by atoms with Crippen molar-refractivity contribution in [2.24, 2.45) is 7.05 Å². The third-order valence-electron chi connectivity index (χ3n) is 5.20. The Morgan fingerprint density at radius 3 is 2.45 bits per heavy atom. The number of aromatic nitrogens is 2. The topological polar surface area (TPSA) is 79.8 Å². The summed E-state index contributed by atoms with van der Waals surface area (Å²) in [4.78, 5) is 27.4. The van der Waals surface area contributed by atoms with Crippen molar-refractivity contribution >= 4 is 29.0 Å². The largest absolute Gasteiger partial charge is 0.315 e. The number of anilines is 1. The zero-order chi connectivity index (χ0) is 23.5. The minimum atomic E-state index is -0.666. The van der Waals surface area contributed by atoms with Gasteiger partial charge in [0.2, 0.25) is 0 Å². The first kappa shape index (κ1) is 22.0. The summed E-state index contributed by atoms with van der Waals surface area (Å²) in [6.45, 7) is 1.72. The molecule has 0 spiro atoms. The molecular weight excluding hydrogens is 439 g/mol. The van der Waals surface area contributed by atoms with Gasteiger partial charge in [-0.3, -0.25) is 14.3 Å². The molecule has 1 amide bonds. The number of amides is 1. The number of hydrogen-bond acceptors (Lipinski definition) is 4. The number of nitrogens with zero attached hydrogens (tertiary/aromatic N) is 3. The smallest absolute Gasteiger partial charge is 0.295 e. The highest BCUT2D eigenvalue weighted by Gasteiger charge is 2.20. The lowest BCUT2D eigenvalue weighted by Crippen LogP contribution is -2.23. The highest BCUT2D eigenvalue weighted by molar-refractivity contribution is 7.16. The third-order valence-corrected chi connectivity index (χ3v) is 6.28. The van der Waals surface area contributed by atoms with Crippen LogP contribution in [-0.4, -0.2) is 15.3 Å². The van der Waals surface area contributed by atoms with E-state index in [1.807, 2.05) is 30.3 Å². The fourth-order valence-electron chi connectivity index (χ4n) is 3.38. The van der Waals surface area contributed by atoms with Gasteiger partial charge in [-0.1, -0.05) is 30.3 Å². The number of benzene rings is 2. The lowest BCUT2D eigenvalue weighted by atomic mass is 10.2. The zero-order valence-corrected chi connectivity index (χ0v) is 18.7. The van der Waals surface area contributed by atoms with Crippen LogP contribution in [0.3, 0.4) is 0 Å². The fraction of sp³-hybridized carbons (Fsp3) is 0.0800. The van der Waals surface area contributed by atoms with Crippen molar-refractivity contribution < 1.29 is 9.18 Å². The van der Waals surface area contributed by atoms with Crippen LogP contribution < -0.4 is 10.9 Å². The Balaban J connectivity index is 1.61. The summed E-state index contributed by atoms with van der Waals surface area (Å²) in [5.41, 5.74) is 1.66. The Labute approximate surface area is 193 Å². The van der Waals surface area contributed by atoms with E-state index in [-0.39, 0.29) is 22.6 Å². The van der Waals surface area contributed by atoms with E-state index in [1.165, 1.54) is 34.2 Å². The van der Waals surface area contributed by atoms with E-state index in [1.54, 1.807) is 49.0 Å². The lowest BCUT2D eigenvalue weighted by molar-refractivity contribution is -0.112. The number of carbonyl (C=O) groups excluding carboxylic acids is 1. The van der Waals surface area contributed by atoms with E-state index in [4.69, 9.17) is 0 Å². The summed E-state index contributed by atoms with van der Waals surface area (Å²) >= 11 is 1.37. The van der Waals surface area contributed by atoms with E-state index < -0.39 is 5.91 Å². The molecule has 6 nitrogen and oxygen atoms in total. The molecule has 33 heavy (non-hydrogen) atoms.